The first-order chi connectivity index (χ1) is 10.7. The average molecular weight is 323 g/mol. The summed E-state index contributed by atoms with van der Waals surface area (Å²) in [5, 5.41) is 0. The summed E-state index contributed by atoms with van der Waals surface area (Å²) in [5.41, 5.74) is 0. The van der Waals surface area contributed by atoms with E-state index in [1.807, 2.05) is 0 Å². The predicted molar refractivity (Wildman–Crippen MR) is 106 cm³/mol. The maximum atomic E-state index is 2.33. The van der Waals surface area contributed by atoms with Gasteiger partial charge in [-0.2, -0.15) is 0 Å². The monoisotopic (exact) mass is 322 g/mol. The minimum Gasteiger partial charge on any atom is -0.0651 e. The van der Waals surface area contributed by atoms with Crippen LogP contribution in [0.1, 0.15) is 94.4 Å². The Morgan fingerprint density at radius 2 is 0.696 bits per heavy atom. The molecule has 0 N–H and O–H groups in total. The largest absolute Gasteiger partial charge is 0.0651 e. The lowest BCUT2D eigenvalue weighted by molar-refractivity contribution is 0.724. The molecule has 4 aliphatic carbocycles. The Bertz CT molecular complexity index is 274. The van der Waals surface area contributed by atoms with E-state index >= 15 is 0 Å². The minimum absolute atomic E-state index is 1.02. The van der Waals surface area contributed by atoms with Gasteiger partial charge in [-0.25, -0.2) is 0 Å². The molecule has 6 unspecified atom stereocenters. The van der Waals surface area contributed by atoms with Crippen molar-refractivity contribution in [3.63, 3.8) is 0 Å². The van der Waals surface area contributed by atoms with Crippen LogP contribution in [0.25, 0.3) is 0 Å². The highest BCUT2D eigenvalue weighted by Gasteiger charge is 2.37. The van der Waals surface area contributed by atoms with Crippen LogP contribution in [0.3, 0.4) is 0 Å². The normalized spacial score (nSPS) is 47.6. The van der Waals surface area contributed by atoms with Crippen LogP contribution in [0, 0.1) is 53.3 Å². The van der Waals surface area contributed by atoms with E-state index in [9.17, 15) is 0 Å². The number of rotatable bonds is 2. The summed E-state index contributed by atoms with van der Waals surface area (Å²) in [5.74, 6) is 9.49. The lowest BCUT2D eigenvalue weighted by Crippen LogP contribution is -1.68. The van der Waals surface area contributed by atoms with Crippen molar-refractivity contribution in [2.75, 3.05) is 0 Å². The van der Waals surface area contributed by atoms with Gasteiger partial charge in [0.15, 0.2) is 0 Å². The zero-order chi connectivity index (χ0) is 17.7. The van der Waals surface area contributed by atoms with Crippen molar-refractivity contribution in [2.24, 2.45) is 53.3 Å². The molecule has 4 aliphatic rings. The van der Waals surface area contributed by atoms with Crippen LogP contribution >= 0.6 is 0 Å². The zero-order valence-corrected chi connectivity index (χ0v) is 17.7. The summed E-state index contributed by atoms with van der Waals surface area (Å²) in [7, 11) is 0. The molecule has 4 rings (SSSR count). The molecule has 23 heavy (non-hydrogen) atoms. The summed E-state index contributed by atoms with van der Waals surface area (Å²) in [6.45, 7) is 20.7. The lowest BCUT2D eigenvalue weighted by Gasteiger charge is -1.79. The molecule has 0 saturated heterocycles. The molecule has 0 aromatic carbocycles. The van der Waals surface area contributed by atoms with E-state index in [4.69, 9.17) is 0 Å². The van der Waals surface area contributed by atoms with Crippen LogP contribution < -0.4 is 0 Å². The summed E-state index contributed by atoms with van der Waals surface area (Å²) >= 11 is 0. The van der Waals surface area contributed by atoms with Gasteiger partial charge in [-0.3, -0.25) is 0 Å². The van der Waals surface area contributed by atoms with Crippen molar-refractivity contribution in [3.8, 4) is 0 Å². The first-order valence-electron chi connectivity index (χ1n) is 10.7. The van der Waals surface area contributed by atoms with Gasteiger partial charge in [0.05, 0.1) is 0 Å². The molecule has 0 heterocycles. The third kappa shape index (κ3) is 8.59. The van der Waals surface area contributed by atoms with E-state index in [1.165, 1.54) is 32.1 Å². The van der Waals surface area contributed by atoms with Gasteiger partial charge in [-0.05, 0) is 72.5 Å². The summed E-state index contributed by atoms with van der Waals surface area (Å²) in [6.07, 6.45) is 7.27. The fourth-order valence-corrected chi connectivity index (χ4v) is 3.35. The molecule has 0 nitrogen and oxygen atoms in total. The molecule has 0 amide bonds. The molecule has 0 aromatic rings. The quantitative estimate of drug-likeness (QED) is 0.489. The maximum Gasteiger partial charge on any atom is -0.0386 e. The van der Waals surface area contributed by atoms with E-state index in [2.05, 4.69) is 62.3 Å². The molecule has 138 valence electrons. The van der Waals surface area contributed by atoms with E-state index in [-0.39, 0.29) is 0 Å². The third-order valence-electron chi connectivity index (χ3n) is 7.46. The van der Waals surface area contributed by atoms with Crippen LogP contribution in [0.15, 0.2) is 0 Å². The fraction of sp³-hybridized carbons (Fsp3) is 1.00. The van der Waals surface area contributed by atoms with Crippen LogP contribution in [-0.4, -0.2) is 0 Å². The van der Waals surface area contributed by atoms with Crippen LogP contribution in [0.4, 0.5) is 0 Å². The Morgan fingerprint density at radius 3 is 0.696 bits per heavy atom. The molecule has 6 atom stereocenters. The zero-order valence-electron chi connectivity index (χ0n) is 17.7. The van der Waals surface area contributed by atoms with E-state index in [0.717, 1.165) is 53.3 Å². The van der Waals surface area contributed by atoms with Crippen molar-refractivity contribution in [3.05, 3.63) is 0 Å². The van der Waals surface area contributed by atoms with Crippen molar-refractivity contribution < 1.29 is 0 Å². The molecule has 4 saturated carbocycles. The van der Waals surface area contributed by atoms with Crippen LogP contribution in [-0.2, 0) is 0 Å². The third-order valence-corrected chi connectivity index (χ3v) is 7.46. The molecule has 4 fully saturated rings. The molecule has 0 bridgehead atoms. The molecule has 0 spiro atoms. The van der Waals surface area contributed by atoms with Gasteiger partial charge in [0.25, 0.3) is 0 Å². The summed E-state index contributed by atoms with van der Waals surface area (Å²) in [4.78, 5) is 0. The second-order valence-corrected chi connectivity index (χ2v) is 9.53. The van der Waals surface area contributed by atoms with Crippen molar-refractivity contribution >= 4 is 0 Å². The molecular formula is C23H46. The maximum absolute atomic E-state index is 2.33. The first kappa shape index (κ1) is 21.0. The Labute approximate surface area is 148 Å². The van der Waals surface area contributed by atoms with E-state index < -0.39 is 0 Å². The Balaban J connectivity index is 0.000000154. The average Bonchev–Trinajstić information content (AvgIpc) is 3.46. The number of hydrogen-bond acceptors (Lipinski definition) is 0. The standard InChI is InChI=1S/3C6H12.C5H10/c1-4-5(2)6(4)3;2*1-3-6-4-5(6)2;1-4-3-5(4)2/h4-6H,1-3H3;2*5-6H,3-4H2,1-2H3;4-5H,3H2,1-2H3. The molecule has 0 aromatic heterocycles. The van der Waals surface area contributed by atoms with E-state index in [0.29, 0.717) is 0 Å². The molecule has 0 aliphatic heterocycles. The van der Waals surface area contributed by atoms with Crippen molar-refractivity contribution in [1.82, 2.24) is 0 Å². The second kappa shape index (κ2) is 9.47. The highest BCUT2D eigenvalue weighted by molar-refractivity contribution is 4.86. The number of hydrogen-bond donors (Lipinski definition) is 0. The molecule has 0 radical (unpaired) electrons. The highest BCUT2D eigenvalue weighted by atomic mass is 14.4. The summed E-state index contributed by atoms with van der Waals surface area (Å²) < 4.78 is 0. The predicted octanol–water partition coefficient (Wildman–Crippen LogP) is 7.68. The summed E-state index contributed by atoms with van der Waals surface area (Å²) in [6, 6.07) is 0. The molecular weight excluding hydrogens is 276 g/mol. The van der Waals surface area contributed by atoms with Crippen molar-refractivity contribution in [1.29, 1.82) is 0 Å². The van der Waals surface area contributed by atoms with E-state index in [1.54, 1.807) is 0 Å². The van der Waals surface area contributed by atoms with Gasteiger partial charge in [-0.1, -0.05) is 75.2 Å². The van der Waals surface area contributed by atoms with Gasteiger partial charge in [0.2, 0.25) is 0 Å². The Morgan fingerprint density at radius 1 is 0.478 bits per heavy atom. The molecule has 0 heteroatoms. The van der Waals surface area contributed by atoms with Gasteiger partial charge in [0.1, 0.15) is 0 Å². The second-order valence-electron chi connectivity index (χ2n) is 9.53. The van der Waals surface area contributed by atoms with Gasteiger partial charge in [-0.15, -0.1) is 0 Å². The highest BCUT2D eigenvalue weighted by Crippen LogP contribution is 2.44. The Hall–Kier alpha value is 0. The SMILES string of the molecule is CC1C(C)C1C.CC1CC1C.CCC1CC1C.CCC1CC1C. The first-order valence-corrected chi connectivity index (χ1v) is 10.7. The van der Waals surface area contributed by atoms with Crippen molar-refractivity contribution in [2.45, 2.75) is 94.4 Å². The van der Waals surface area contributed by atoms with Crippen LogP contribution in [0.5, 0.6) is 0 Å². The minimum atomic E-state index is 1.02. The van der Waals surface area contributed by atoms with Crippen LogP contribution in [0.2, 0.25) is 0 Å². The van der Waals surface area contributed by atoms with Gasteiger partial charge >= 0.3 is 0 Å². The van der Waals surface area contributed by atoms with Gasteiger partial charge < -0.3 is 0 Å². The van der Waals surface area contributed by atoms with Gasteiger partial charge in [0, 0.05) is 0 Å². The lowest BCUT2D eigenvalue weighted by atomic mass is 10.3. The fourth-order valence-electron chi connectivity index (χ4n) is 3.35. The topological polar surface area (TPSA) is 0 Å². The Kier molecular flexibility index (Phi) is 8.67. The smallest absolute Gasteiger partial charge is 0.0386 e.